The van der Waals surface area contributed by atoms with Crippen LogP contribution in [0.15, 0.2) is 23.3 Å². The van der Waals surface area contributed by atoms with Crippen LogP contribution >= 0.6 is 0 Å². The minimum Gasteiger partial charge on any atom is -0.299 e. The van der Waals surface area contributed by atoms with Crippen molar-refractivity contribution in [2.45, 2.75) is 98.8 Å². The minimum atomic E-state index is 0.184. The topological polar surface area (TPSA) is 17.1 Å². The largest absolute Gasteiger partial charge is 0.299 e. The van der Waals surface area contributed by atoms with Crippen LogP contribution in [-0.2, 0) is 4.79 Å². The summed E-state index contributed by atoms with van der Waals surface area (Å²) in [6.07, 6.45) is 18.2. The molecule has 1 saturated carbocycles. The highest BCUT2D eigenvalue weighted by atomic mass is 16.1. The highest BCUT2D eigenvalue weighted by Gasteiger charge is 2.53. The molecule has 0 amide bonds. The summed E-state index contributed by atoms with van der Waals surface area (Å²) in [5.41, 5.74) is 4.63. The van der Waals surface area contributed by atoms with E-state index >= 15 is 0 Å². The second kappa shape index (κ2) is 7.44. The van der Waals surface area contributed by atoms with Gasteiger partial charge in [0, 0.05) is 18.3 Å². The molecule has 156 valence electrons. The summed E-state index contributed by atoms with van der Waals surface area (Å²) in [6.45, 7) is 11.7. The number of rotatable bonds is 5. The summed E-state index contributed by atoms with van der Waals surface area (Å²) in [4.78, 5) is 12.2. The number of hydrogen-bond acceptors (Lipinski definition) is 1. The van der Waals surface area contributed by atoms with Crippen molar-refractivity contribution < 1.29 is 4.79 Å². The van der Waals surface area contributed by atoms with Gasteiger partial charge in [-0.05, 0) is 73.5 Å². The molecule has 0 aromatic carbocycles. The standard InChI is InChI=1S/C27H42O/c1-18(2)25(28)14-9-19(3)22-12-13-23-21-11-10-20-8-6-7-16-26(20,4)24(21)15-17-27(22,23)5/h12-13,18-20,22-23H,6-11,14-17H2,1-5H3/t19-,20?,22-,23+,26+,27-/m1/s1. The number of hydrogen-bond donors (Lipinski definition) is 0. The molecule has 0 aromatic heterocycles. The molecule has 4 aliphatic carbocycles. The molecule has 1 fully saturated rings. The quantitative estimate of drug-likeness (QED) is 0.449. The van der Waals surface area contributed by atoms with E-state index in [-0.39, 0.29) is 5.92 Å². The molecule has 0 heterocycles. The van der Waals surface area contributed by atoms with Crippen molar-refractivity contribution in [3.05, 3.63) is 23.3 Å². The first kappa shape index (κ1) is 20.4. The number of ketones is 1. The van der Waals surface area contributed by atoms with Crippen LogP contribution in [0.5, 0.6) is 0 Å². The lowest BCUT2D eigenvalue weighted by Gasteiger charge is -2.54. The van der Waals surface area contributed by atoms with Gasteiger partial charge in [-0.15, -0.1) is 0 Å². The highest BCUT2D eigenvalue weighted by Crippen LogP contribution is 2.64. The molecule has 28 heavy (non-hydrogen) atoms. The van der Waals surface area contributed by atoms with Crippen LogP contribution in [0.1, 0.15) is 98.8 Å². The molecule has 0 radical (unpaired) electrons. The second-order valence-electron chi connectivity index (χ2n) is 11.4. The van der Waals surface area contributed by atoms with Crippen molar-refractivity contribution in [1.29, 1.82) is 0 Å². The molecule has 0 spiro atoms. The van der Waals surface area contributed by atoms with Crippen molar-refractivity contribution in [3.63, 3.8) is 0 Å². The van der Waals surface area contributed by atoms with Gasteiger partial charge < -0.3 is 0 Å². The van der Waals surface area contributed by atoms with E-state index in [2.05, 4.69) is 32.9 Å². The molecule has 0 saturated heterocycles. The van der Waals surface area contributed by atoms with Gasteiger partial charge in [-0.2, -0.15) is 0 Å². The maximum absolute atomic E-state index is 12.2. The van der Waals surface area contributed by atoms with Crippen LogP contribution in [-0.4, -0.2) is 5.78 Å². The Balaban J connectivity index is 1.54. The zero-order valence-electron chi connectivity index (χ0n) is 19.0. The third-order valence-electron chi connectivity index (χ3n) is 9.61. The Kier molecular flexibility index (Phi) is 5.43. The minimum absolute atomic E-state index is 0.184. The third kappa shape index (κ3) is 3.16. The van der Waals surface area contributed by atoms with Gasteiger partial charge in [0.15, 0.2) is 0 Å². The summed E-state index contributed by atoms with van der Waals surface area (Å²) >= 11 is 0. The molecule has 0 N–H and O–H groups in total. The molecule has 0 aliphatic heterocycles. The zero-order chi connectivity index (χ0) is 20.1. The Hall–Kier alpha value is -0.850. The average Bonchev–Trinajstić information content (AvgIpc) is 3.02. The summed E-state index contributed by atoms with van der Waals surface area (Å²) in [5, 5.41) is 0. The molecular formula is C27H42O. The summed E-state index contributed by atoms with van der Waals surface area (Å²) in [5.74, 6) is 3.49. The molecule has 6 atom stereocenters. The molecule has 1 heteroatoms. The van der Waals surface area contributed by atoms with Gasteiger partial charge in [-0.1, -0.05) is 70.8 Å². The van der Waals surface area contributed by atoms with Crippen LogP contribution in [0.2, 0.25) is 0 Å². The van der Waals surface area contributed by atoms with Gasteiger partial charge in [0.25, 0.3) is 0 Å². The average molecular weight is 383 g/mol. The molecule has 4 rings (SSSR count). The van der Waals surface area contributed by atoms with Crippen LogP contribution in [0.3, 0.4) is 0 Å². The van der Waals surface area contributed by atoms with E-state index in [4.69, 9.17) is 0 Å². The Bertz CT molecular complexity index is 682. The number of allylic oxidation sites excluding steroid dienone is 4. The maximum Gasteiger partial charge on any atom is 0.135 e. The highest BCUT2D eigenvalue weighted by molar-refractivity contribution is 5.80. The Morgan fingerprint density at radius 3 is 2.61 bits per heavy atom. The molecule has 4 aliphatic rings. The van der Waals surface area contributed by atoms with Gasteiger partial charge in [-0.3, -0.25) is 4.79 Å². The molecule has 1 nitrogen and oxygen atoms in total. The van der Waals surface area contributed by atoms with Gasteiger partial charge in [0.2, 0.25) is 0 Å². The van der Waals surface area contributed by atoms with Gasteiger partial charge in [0.05, 0.1) is 0 Å². The zero-order valence-corrected chi connectivity index (χ0v) is 19.0. The summed E-state index contributed by atoms with van der Waals surface area (Å²) in [6, 6.07) is 0. The van der Waals surface area contributed by atoms with E-state index in [0.29, 0.717) is 34.4 Å². The van der Waals surface area contributed by atoms with Crippen LogP contribution < -0.4 is 0 Å². The predicted octanol–water partition coefficient (Wildman–Crippen LogP) is 7.52. The van der Waals surface area contributed by atoms with Gasteiger partial charge in [0.1, 0.15) is 5.78 Å². The fraction of sp³-hybridized carbons (Fsp3) is 0.815. The Morgan fingerprint density at radius 1 is 1.07 bits per heavy atom. The number of fused-ring (bicyclic) bond motifs is 4. The van der Waals surface area contributed by atoms with E-state index in [1.165, 1.54) is 51.4 Å². The lowest BCUT2D eigenvalue weighted by atomic mass is 9.50. The first-order valence-corrected chi connectivity index (χ1v) is 12.2. The van der Waals surface area contributed by atoms with E-state index in [1.54, 1.807) is 0 Å². The van der Waals surface area contributed by atoms with Crippen LogP contribution in [0, 0.1) is 40.4 Å². The summed E-state index contributed by atoms with van der Waals surface area (Å²) < 4.78 is 0. The third-order valence-corrected chi connectivity index (χ3v) is 9.61. The van der Waals surface area contributed by atoms with Crippen molar-refractivity contribution in [1.82, 2.24) is 0 Å². The van der Waals surface area contributed by atoms with Crippen molar-refractivity contribution in [3.8, 4) is 0 Å². The normalized spacial score (nSPS) is 40.9. The van der Waals surface area contributed by atoms with Gasteiger partial charge in [-0.25, -0.2) is 0 Å². The maximum atomic E-state index is 12.2. The fourth-order valence-corrected chi connectivity index (χ4v) is 7.69. The number of Topliss-reactive ketones (excluding diaryl/α,β-unsaturated/α-hetero) is 1. The van der Waals surface area contributed by atoms with Crippen molar-refractivity contribution in [2.75, 3.05) is 0 Å². The van der Waals surface area contributed by atoms with E-state index in [1.807, 2.05) is 25.0 Å². The number of carbonyl (C=O) groups is 1. The summed E-state index contributed by atoms with van der Waals surface area (Å²) in [7, 11) is 0. The fourth-order valence-electron chi connectivity index (χ4n) is 7.69. The molecule has 1 unspecified atom stereocenters. The molecule has 0 aromatic rings. The lowest BCUT2D eigenvalue weighted by Crippen LogP contribution is -2.44. The van der Waals surface area contributed by atoms with Crippen LogP contribution in [0.4, 0.5) is 0 Å². The SMILES string of the molecule is CC(C)C(=O)CC[C@@H](C)[C@H]1C=C[C@H]2C3=C(CC[C@]12C)[C@@]1(C)CCCCC1CC3. The lowest BCUT2D eigenvalue weighted by molar-refractivity contribution is -0.122. The van der Waals surface area contributed by atoms with Gasteiger partial charge >= 0.3 is 0 Å². The molecular weight excluding hydrogens is 340 g/mol. The second-order valence-corrected chi connectivity index (χ2v) is 11.4. The first-order valence-electron chi connectivity index (χ1n) is 12.2. The number of carbonyl (C=O) groups excluding carboxylic acids is 1. The first-order chi connectivity index (χ1) is 13.3. The smallest absolute Gasteiger partial charge is 0.135 e. The van der Waals surface area contributed by atoms with E-state index in [0.717, 1.165) is 18.8 Å². The molecule has 0 bridgehead atoms. The Labute approximate surface area is 173 Å². The predicted molar refractivity (Wildman–Crippen MR) is 118 cm³/mol. The van der Waals surface area contributed by atoms with E-state index in [9.17, 15) is 4.79 Å². The monoisotopic (exact) mass is 382 g/mol. The van der Waals surface area contributed by atoms with Crippen molar-refractivity contribution in [2.24, 2.45) is 40.4 Å². The Morgan fingerprint density at radius 2 is 1.86 bits per heavy atom. The van der Waals surface area contributed by atoms with Crippen LogP contribution in [0.25, 0.3) is 0 Å². The van der Waals surface area contributed by atoms with Crippen molar-refractivity contribution >= 4 is 5.78 Å². The van der Waals surface area contributed by atoms with E-state index < -0.39 is 0 Å².